The molecule has 0 amide bonds. The quantitative estimate of drug-likeness (QED) is 0.606. The molecule has 0 aliphatic carbocycles. The third-order valence-electron chi connectivity index (χ3n) is 2.62. The minimum atomic E-state index is -2.95. The van der Waals surface area contributed by atoms with Gasteiger partial charge in [0, 0.05) is 5.56 Å². The second-order valence-corrected chi connectivity index (χ2v) is 4.16. The summed E-state index contributed by atoms with van der Waals surface area (Å²) >= 11 is 0. The number of ketones is 1. The highest BCUT2D eigenvalue weighted by molar-refractivity contribution is 6.07. The van der Waals surface area contributed by atoms with Crippen LogP contribution in [0.1, 0.15) is 15.9 Å². The first-order valence-corrected chi connectivity index (χ1v) is 6.07. The van der Waals surface area contributed by atoms with Crippen molar-refractivity contribution in [2.24, 2.45) is 0 Å². The van der Waals surface area contributed by atoms with E-state index in [1.165, 1.54) is 54.6 Å². The zero-order valence-corrected chi connectivity index (χ0v) is 10.8. The lowest BCUT2D eigenvalue weighted by Gasteiger charge is -2.04. The van der Waals surface area contributed by atoms with E-state index < -0.39 is 12.4 Å². The maximum Gasteiger partial charge on any atom is 0.387 e. The summed E-state index contributed by atoms with van der Waals surface area (Å²) in [4.78, 5) is 11.9. The van der Waals surface area contributed by atoms with Gasteiger partial charge in [0.1, 0.15) is 11.6 Å². The van der Waals surface area contributed by atoms with Gasteiger partial charge in [-0.15, -0.1) is 0 Å². The number of ether oxygens (including phenoxy) is 1. The minimum absolute atomic E-state index is 0.0880. The van der Waals surface area contributed by atoms with Gasteiger partial charge in [0.25, 0.3) is 0 Å². The summed E-state index contributed by atoms with van der Waals surface area (Å²) in [5.74, 6) is -0.883. The Balaban J connectivity index is 2.13. The second kappa shape index (κ2) is 6.74. The van der Waals surface area contributed by atoms with Crippen molar-refractivity contribution >= 4 is 11.9 Å². The Labute approximate surface area is 119 Å². The maximum absolute atomic E-state index is 13.0. The van der Waals surface area contributed by atoms with Crippen molar-refractivity contribution in [2.75, 3.05) is 0 Å². The highest BCUT2D eigenvalue weighted by Gasteiger charge is 2.07. The molecule has 0 bridgehead atoms. The monoisotopic (exact) mass is 292 g/mol. The predicted molar refractivity (Wildman–Crippen MR) is 72.8 cm³/mol. The van der Waals surface area contributed by atoms with Gasteiger partial charge in [-0.3, -0.25) is 4.79 Å². The first kappa shape index (κ1) is 14.8. The number of hydrogen-bond acceptors (Lipinski definition) is 2. The molecule has 0 saturated heterocycles. The van der Waals surface area contributed by atoms with Crippen molar-refractivity contribution in [1.29, 1.82) is 0 Å². The van der Waals surface area contributed by atoms with Crippen LogP contribution in [0.15, 0.2) is 54.6 Å². The van der Waals surface area contributed by atoms with Gasteiger partial charge in [-0.05, 0) is 35.9 Å². The number of halogens is 3. The van der Waals surface area contributed by atoms with Crippen LogP contribution in [-0.2, 0) is 0 Å². The van der Waals surface area contributed by atoms with E-state index in [1.54, 1.807) is 6.07 Å². The molecule has 2 nitrogen and oxygen atoms in total. The Bertz CT molecular complexity index is 666. The van der Waals surface area contributed by atoms with Crippen LogP contribution in [0, 0.1) is 5.82 Å². The molecule has 0 aliphatic heterocycles. The van der Waals surface area contributed by atoms with E-state index in [0.717, 1.165) is 0 Å². The molecule has 0 heterocycles. The highest BCUT2D eigenvalue weighted by atomic mass is 19.3. The van der Waals surface area contributed by atoms with Crippen LogP contribution in [0.4, 0.5) is 13.2 Å². The van der Waals surface area contributed by atoms with Crippen molar-refractivity contribution in [3.05, 3.63) is 71.6 Å². The van der Waals surface area contributed by atoms with Gasteiger partial charge >= 0.3 is 6.61 Å². The smallest absolute Gasteiger partial charge is 0.387 e. The van der Waals surface area contributed by atoms with Gasteiger partial charge in [-0.1, -0.05) is 30.3 Å². The lowest BCUT2D eigenvalue weighted by molar-refractivity contribution is -0.0498. The average Bonchev–Trinajstić information content (AvgIpc) is 2.44. The van der Waals surface area contributed by atoms with E-state index in [0.29, 0.717) is 5.56 Å². The molecule has 0 aliphatic rings. The summed E-state index contributed by atoms with van der Waals surface area (Å²) in [5, 5.41) is 0. The summed E-state index contributed by atoms with van der Waals surface area (Å²) in [5.41, 5.74) is 0.740. The summed E-state index contributed by atoms with van der Waals surface area (Å²) < 4.78 is 41.4. The molecule has 0 unspecified atom stereocenters. The van der Waals surface area contributed by atoms with E-state index in [1.807, 2.05) is 0 Å². The number of carbonyl (C=O) groups is 1. The van der Waals surface area contributed by atoms with E-state index in [4.69, 9.17) is 0 Å². The molecular weight excluding hydrogens is 281 g/mol. The molecule has 0 saturated carbocycles. The average molecular weight is 292 g/mol. The van der Waals surface area contributed by atoms with Crippen LogP contribution >= 0.6 is 0 Å². The first-order valence-electron chi connectivity index (χ1n) is 6.07. The molecule has 108 valence electrons. The number of benzene rings is 2. The van der Waals surface area contributed by atoms with Crippen LogP contribution in [0.25, 0.3) is 6.08 Å². The fourth-order valence-electron chi connectivity index (χ4n) is 1.70. The van der Waals surface area contributed by atoms with Gasteiger partial charge in [0.15, 0.2) is 5.78 Å². The molecule has 5 heteroatoms. The van der Waals surface area contributed by atoms with Gasteiger partial charge < -0.3 is 4.74 Å². The molecule has 0 aromatic heterocycles. The number of hydrogen-bond donors (Lipinski definition) is 0. The van der Waals surface area contributed by atoms with Crippen molar-refractivity contribution in [2.45, 2.75) is 6.61 Å². The summed E-state index contributed by atoms with van der Waals surface area (Å²) in [6, 6.07) is 11.2. The third kappa shape index (κ3) is 4.49. The number of allylic oxidation sites excluding steroid dienone is 1. The fourth-order valence-corrected chi connectivity index (χ4v) is 1.70. The number of rotatable bonds is 5. The molecule has 2 rings (SSSR count). The molecule has 21 heavy (non-hydrogen) atoms. The zero-order valence-electron chi connectivity index (χ0n) is 10.8. The Kier molecular flexibility index (Phi) is 4.77. The third-order valence-corrected chi connectivity index (χ3v) is 2.62. The summed E-state index contributed by atoms with van der Waals surface area (Å²) in [6.45, 7) is -2.95. The van der Waals surface area contributed by atoms with Crippen LogP contribution in [-0.4, -0.2) is 12.4 Å². The van der Waals surface area contributed by atoms with Crippen molar-refractivity contribution in [1.82, 2.24) is 0 Å². The Morgan fingerprint density at radius 3 is 2.57 bits per heavy atom. The normalized spacial score (nSPS) is 11.0. The molecule has 0 atom stereocenters. The minimum Gasteiger partial charge on any atom is -0.435 e. The fraction of sp³-hybridized carbons (Fsp3) is 0.0625. The molecule has 0 spiro atoms. The van der Waals surface area contributed by atoms with E-state index >= 15 is 0 Å². The summed E-state index contributed by atoms with van der Waals surface area (Å²) in [7, 11) is 0. The Morgan fingerprint density at radius 1 is 1.10 bits per heavy atom. The molecule has 0 fully saturated rings. The Hall–Kier alpha value is -2.56. The first-order chi connectivity index (χ1) is 10.0. The predicted octanol–water partition coefficient (Wildman–Crippen LogP) is 4.32. The SMILES string of the molecule is O=C(/C=C/c1cccc(F)c1)c1cccc(OC(F)F)c1. The number of alkyl halides is 2. The van der Waals surface area contributed by atoms with Crippen LogP contribution in [0.5, 0.6) is 5.75 Å². The van der Waals surface area contributed by atoms with Crippen molar-refractivity contribution in [3.8, 4) is 5.75 Å². The van der Waals surface area contributed by atoms with Gasteiger partial charge in [-0.2, -0.15) is 8.78 Å². The van der Waals surface area contributed by atoms with Crippen LogP contribution in [0.3, 0.4) is 0 Å². The molecular formula is C16H11F3O2. The van der Waals surface area contributed by atoms with E-state index in [-0.39, 0.29) is 17.1 Å². The van der Waals surface area contributed by atoms with Crippen LogP contribution in [0.2, 0.25) is 0 Å². The molecule has 0 radical (unpaired) electrons. The van der Waals surface area contributed by atoms with E-state index in [9.17, 15) is 18.0 Å². The van der Waals surface area contributed by atoms with Crippen LogP contribution < -0.4 is 4.74 Å². The molecule has 2 aromatic rings. The van der Waals surface area contributed by atoms with Crippen molar-refractivity contribution < 1.29 is 22.7 Å². The van der Waals surface area contributed by atoms with E-state index in [2.05, 4.69) is 4.74 Å². The maximum atomic E-state index is 13.0. The van der Waals surface area contributed by atoms with Gasteiger partial charge in [0.2, 0.25) is 0 Å². The Morgan fingerprint density at radius 2 is 1.86 bits per heavy atom. The summed E-state index contributed by atoms with van der Waals surface area (Å²) in [6.07, 6.45) is 2.70. The second-order valence-electron chi connectivity index (χ2n) is 4.16. The molecule has 2 aromatic carbocycles. The zero-order chi connectivity index (χ0) is 15.2. The lowest BCUT2D eigenvalue weighted by Crippen LogP contribution is -2.03. The van der Waals surface area contributed by atoms with Gasteiger partial charge in [0.05, 0.1) is 0 Å². The molecule has 0 N–H and O–H groups in total. The van der Waals surface area contributed by atoms with Crippen molar-refractivity contribution in [3.63, 3.8) is 0 Å². The van der Waals surface area contributed by atoms with Gasteiger partial charge in [-0.25, -0.2) is 4.39 Å². The topological polar surface area (TPSA) is 26.3 Å². The standard InChI is InChI=1S/C16H11F3O2/c17-13-5-1-3-11(9-13)7-8-15(20)12-4-2-6-14(10-12)21-16(18)19/h1-10,16H/b8-7+. The highest BCUT2D eigenvalue weighted by Crippen LogP contribution is 2.17. The number of carbonyl (C=O) groups excluding carboxylic acids is 1. The largest absolute Gasteiger partial charge is 0.435 e. The lowest BCUT2D eigenvalue weighted by atomic mass is 10.1.